The number of nitrogens with zero attached hydrogens (tertiary/aromatic N) is 2. The summed E-state index contributed by atoms with van der Waals surface area (Å²) in [4.78, 5) is 29.1. The number of rotatable bonds is 5. The molecule has 0 spiro atoms. The maximum atomic E-state index is 12.9. The Balaban J connectivity index is 1.63. The van der Waals surface area contributed by atoms with E-state index in [1.54, 1.807) is 66.5 Å². The molecule has 1 aliphatic rings. The highest BCUT2D eigenvalue weighted by Crippen LogP contribution is 2.28. The Morgan fingerprint density at radius 3 is 2.40 bits per heavy atom. The fourth-order valence-corrected chi connectivity index (χ4v) is 3.57. The number of ether oxygens (including phenoxy) is 2. The van der Waals surface area contributed by atoms with Crippen LogP contribution in [0.4, 0.5) is 0 Å². The maximum Gasteiger partial charge on any atom is 0.254 e. The van der Waals surface area contributed by atoms with E-state index in [9.17, 15) is 9.59 Å². The minimum Gasteiger partial charge on any atom is -0.493 e. The van der Waals surface area contributed by atoms with E-state index in [1.165, 1.54) is 0 Å². The lowest BCUT2D eigenvalue weighted by Gasteiger charge is -2.22. The van der Waals surface area contributed by atoms with Crippen LogP contribution in [0.15, 0.2) is 48.5 Å². The van der Waals surface area contributed by atoms with Gasteiger partial charge < -0.3 is 19.3 Å². The molecule has 0 saturated carbocycles. The van der Waals surface area contributed by atoms with Crippen molar-refractivity contribution in [3.05, 3.63) is 64.7 Å². The standard InChI is InChI=1S/C23H25ClN2O4/c1-29-20-9-8-18(16-21(20)30-2)23(28)26-12-4-11-25(13-14-26)22(27)10-7-17-5-3-6-19(24)15-17/h3,5-10,15-16H,4,11-14H2,1-2H3/b10-7+. The molecule has 2 amide bonds. The van der Waals surface area contributed by atoms with Gasteiger partial charge in [0, 0.05) is 42.8 Å². The van der Waals surface area contributed by atoms with Crippen LogP contribution in [0.5, 0.6) is 11.5 Å². The van der Waals surface area contributed by atoms with E-state index in [4.69, 9.17) is 21.1 Å². The van der Waals surface area contributed by atoms with Gasteiger partial charge >= 0.3 is 0 Å². The van der Waals surface area contributed by atoms with Crippen molar-refractivity contribution >= 4 is 29.5 Å². The van der Waals surface area contributed by atoms with E-state index in [-0.39, 0.29) is 11.8 Å². The van der Waals surface area contributed by atoms with Gasteiger partial charge in [0.15, 0.2) is 11.5 Å². The topological polar surface area (TPSA) is 59.1 Å². The largest absolute Gasteiger partial charge is 0.493 e. The summed E-state index contributed by atoms with van der Waals surface area (Å²) in [6.45, 7) is 2.16. The van der Waals surface area contributed by atoms with Gasteiger partial charge in [-0.1, -0.05) is 23.7 Å². The lowest BCUT2D eigenvalue weighted by atomic mass is 10.1. The summed E-state index contributed by atoms with van der Waals surface area (Å²) in [7, 11) is 3.10. The molecule has 1 heterocycles. The predicted octanol–water partition coefficient (Wildman–Crippen LogP) is 3.75. The molecule has 0 N–H and O–H groups in total. The van der Waals surface area contributed by atoms with Gasteiger partial charge in [-0.15, -0.1) is 0 Å². The first kappa shape index (κ1) is 21.7. The molecular weight excluding hydrogens is 404 g/mol. The molecular formula is C23H25ClN2O4. The van der Waals surface area contributed by atoms with E-state index in [0.29, 0.717) is 48.3 Å². The van der Waals surface area contributed by atoms with Gasteiger partial charge in [0.25, 0.3) is 5.91 Å². The normalized spacial score (nSPS) is 14.5. The zero-order chi connectivity index (χ0) is 21.5. The summed E-state index contributed by atoms with van der Waals surface area (Å²) < 4.78 is 10.5. The van der Waals surface area contributed by atoms with Gasteiger partial charge in [-0.3, -0.25) is 9.59 Å². The first-order chi connectivity index (χ1) is 14.5. The first-order valence-corrected chi connectivity index (χ1v) is 10.1. The van der Waals surface area contributed by atoms with Crippen molar-refractivity contribution in [3.8, 4) is 11.5 Å². The van der Waals surface area contributed by atoms with Crippen molar-refractivity contribution in [1.29, 1.82) is 0 Å². The molecule has 3 rings (SSSR count). The molecule has 158 valence electrons. The highest BCUT2D eigenvalue weighted by Gasteiger charge is 2.22. The molecule has 1 aliphatic heterocycles. The zero-order valence-electron chi connectivity index (χ0n) is 17.1. The Bertz CT molecular complexity index is 945. The fourth-order valence-electron chi connectivity index (χ4n) is 3.38. The van der Waals surface area contributed by atoms with Crippen molar-refractivity contribution in [2.24, 2.45) is 0 Å². The molecule has 0 radical (unpaired) electrons. The van der Waals surface area contributed by atoms with Crippen LogP contribution >= 0.6 is 11.6 Å². The van der Waals surface area contributed by atoms with Crippen LogP contribution in [-0.2, 0) is 4.79 Å². The van der Waals surface area contributed by atoms with Gasteiger partial charge in [0.1, 0.15) is 0 Å². The average Bonchev–Trinajstić information content (AvgIpc) is 3.03. The number of benzene rings is 2. The summed E-state index contributed by atoms with van der Waals surface area (Å²) in [5.74, 6) is 0.935. The second-order valence-corrected chi connectivity index (χ2v) is 7.37. The third-order valence-electron chi connectivity index (χ3n) is 4.99. The lowest BCUT2D eigenvalue weighted by Crippen LogP contribution is -2.36. The predicted molar refractivity (Wildman–Crippen MR) is 117 cm³/mol. The van der Waals surface area contributed by atoms with Crippen LogP contribution in [0, 0.1) is 0 Å². The maximum absolute atomic E-state index is 12.9. The van der Waals surface area contributed by atoms with Crippen molar-refractivity contribution in [3.63, 3.8) is 0 Å². The minimum absolute atomic E-state index is 0.0737. The Labute approximate surface area is 181 Å². The number of amides is 2. The van der Waals surface area contributed by atoms with Crippen LogP contribution in [-0.4, -0.2) is 62.0 Å². The van der Waals surface area contributed by atoms with Gasteiger partial charge in [-0.2, -0.15) is 0 Å². The molecule has 2 aromatic carbocycles. The summed E-state index contributed by atoms with van der Waals surface area (Å²) in [5, 5.41) is 0.628. The van der Waals surface area contributed by atoms with E-state index in [1.807, 2.05) is 12.1 Å². The molecule has 0 bridgehead atoms. The molecule has 1 saturated heterocycles. The Kier molecular flexibility index (Phi) is 7.36. The molecule has 2 aromatic rings. The Morgan fingerprint density at radius 1 is 0.933 bits per heavy atom. The third kappa shape index (κ3) is 5.33. The molecule has 30 heavy (non-hydrogen) atoms. The Hall–Kier alpha value is -2.99. The van der Waals surface area contributed by atoms with Gasteiger partial charge in [0.05, 0.1) is 14.2 Å². The molecule has 1 fully saturated rings. The summed E-state index contributed by atoms with van der Waals surface area (Å²) in [5.41, 5.74) is 1.41. The SMILES string of the molecule is COc1ccc(C(=O)N2CCCN(C(=O)/C=C/c3cccc(Cl)c3)CC2)cc1OC. The molecule has 7 heteroatoms. The average molecular weight is 429 g/mol. The minimum atomic E-state index is -0.0836. The van der Waals surface area contributed by atoms with Gasteiger partial charge in [-0.05, 0) is 48.4 Å². The van der Waals surface area contributed by atoms with Crippen LogP contribution < -0.4 is 9.47 Å². The van der Waals surface area contributed by atoms with Crippen LogP contribution in [0.2, 0.25) is 5.02 Å². The van der Waals surface area contributed by atoms with E-state index < -0.39 is 0 Å². The van der Waals surface area contributed by atoms with Crippen molar-refractivity contribution in [1.82, 2.24) is 9.80 Å². The zero-order valence-corrected chi connectivity index (χ0v) is 17.9. The van der Waals surface area contributed by atoms with E-state index in [0.717, 1.165) is 12.0 Å². The van der Waals surface area contributed by atoms with Crippen LogP contribution in [0.3, 0.4) is 0 Å². The highest BCUT2D eigenvalue weighted by atomic mass is 35.5. The first-order valence-electron chi connectivity index (χ1n) is 9.75. The quantitative estimate of drug-likeness (QED) is 0.680. The second kappa shape index (κ2) is 10.2. The number of halogens is 1. The third-order valence-corrected chi connectivity index (χ3v) is 5.23. The molecule has 0 aliphatic carbocycles. The summed E-state index contributed by atoms with van der Waals surface area (Å²) in [6.07, 6.45) is 4.03. The number of carbonyl (C=O) groups is 2. The van der Waals surface area contributed by atoms with Crippen molar-refractivity contribution in [2.45, 2.75) is 6.42 Å². The lowest BCUT2D eigenvalue weighted by molar-refractivity contribution is -0.125. The van der Waals surface area contributed by atoms with Crippen molar-refractivity contribution < 1.29 is 19.1 Å². The molecule has 0 unspecified atom stereocenters. The molecule has 0 aromatic heterocycles. The number of hydrogen-bond donors (Lipinski definition) is 0. The van der Waals surface area contributed by atoms with Crippen molar-refractivity contribution in [2.75, 3.05) is 40.4 Å². The monoisotopic (exact) mass is 428 g/mol. The summed E-state index contributed by atoms with van der Waals surface area (Å²) >= 11 is 5.98. The Morgan fingerprint density at radius 2 is 1.67 bits per heavy atom. The second-order valence-electron chi connectivity index (χ2n) is 6.93. The van der Waals surface area contributed by atoms with E-state index in [2.05, 4.69) is 0 Å². The fraction of sp³-hybridized carbons (Fsp3) is 0.304. The number of carbonyl (C=O) groups excluding carboxylic acids is 2. The van der Waals surface area contributed by atoms with Gasteiger partial charge in [0.2, 0.25) is 5.91 Å². The molecule has 6 nitrogen and oxygen atoms in total. The number of hydrogen-bond acceptors (Lipinski definition) is 4. The van der Waals surface area contributed by atoms with Gasteiger partial charge in [-0.25, -0.2) is 0 Å². The summed E-state index contributed by atoms with van der Waals surface area (Å²) in [6, 6.07) is 12.5. The smallest absolute Gasteiger partial charge is 0.254 e. The molecule has 0 atom stereocenters. The highest BCUT2D eigenvalue weighted by molar-refractivity contribution is 6.30. The number of methoxy groups -OCH3 is 2. The van der Waals surface area contributed by atoms with Crippen LogP contribution in [0.1, 0.15) is 22.3 Å². The van der Waals surface area contributed by atoms with E-state index >= 15 is 0 Å². The van der Waals surface area contributed by atoms with Crippen LogP contribution in [0.25, 0.3) is 6.08 Å².